The van der Waals surface area contributed by atoms with Gasteiger partial charge in [0.05, 0.1) is 0 Å². The van der Waals surface area contributed by atoms with E-state index < -0.39 is 0 Å². The van der Waals surface area contributed by atoms with Gasteiger partial charge in [-0.25, -0.2) is 0 Å². The van der Waals surface area contributed by atoms with E-state index in [1.165, 1.54) is 3.66 Å². The van der Waals surface area contributed by atoms with Crippen molar-refractivity contribution in [3.63, 3.8) is 0 Å². The minimum atomic E-state index is 0.667. The standard InChI is InChI=1S/C10H5AsN2OS/c11-9-2-1-8(15-9)10-13-6-5-12-4-3-7(6)14-10/h1-5H. The second-order valence-corrected chi connectivity index (χ2v) is 5.75. The van der Waals surface area contributed by atoms with Crippen molar-refractivity contribution >= 4 is 43.0 Å². The Labute approximate surface area is 98.7 Å². The number of rotatable bonds is 1. The minimum absolute atomic E-state index is 0.667. The van der Waals surface area contributed by atoms with Crippen molar-refractivity contribution < 1.29 is 4.42 Å². The molecule has 0 fully saturated rings. The van der Waals surface area contributed by atoms with Crippen LogP contribution in [0.4, 0.5) is 0 Å². The third-order valence-electron chi connectivity index (χ3n) is 1.99. The van der Waals surface area contributed by atoms with Gasteiger partial charge in [0.2, 0.25) is 0 Å². The van der Waals surface area contributed by atoms with E-state index >= 15 is 0 Å². The molecule has 0 aliphatic rings. The summed E-state index contributed by atoms with van der Waals surface area (Å²) in [5.41, 5.74) is 1.58. The molecule has 2 radical (unpaired) electrons. The Morgan fingerprint density at radius 1 is 1.27 bits per heavy atom. The van der Waals surface area contributed by atoms with Gasteiger partial charge in [0.1, 0.15) is 0 Å². The fraction of sp³-hybridized carbons (Fsp3) is 0. The molecule has 0 amide bonds. The molecule has 0 spiro atoms. The second kappa shape index (κ2) is 3.47. The first kappa shape index (κ1) is 9.13. The SMILES string of the molecule is [As]c1ccc(-c2nc3cnccc3o2)s1. The molecule has 15 heavy (non-hydrogen) atoms. The number of nitrogens with zero attached hydrogens (tertiary/aromatic N) is 2. The van der Waals surface area contributed by atoms with E-state index in [2.05, 4.69) is 26.8 Å². The molecule has 0 aromatic carbocycles. The third kappa shape index (κ3) is 1.60. The van der Waals surface area contributed by atoms with E-state index in [4.69, 9.17) is 4.42 Å². The van der Waals surface area contributed by atoms with Crippen molar-refractivity contribution in [2.75, 3.05) is 0 Å². The van der Waals surface area contributed by atoms with Gasteiger partial charge in [-0.05, 0) is 0 Å². The average molecular weight is 276 g/mol. The Bertz CT molecular complexity index is 583. The van der Waals surface area contributed by atoms with Gasteiger partial charge in [-0.1, -0.05) is 0 Å². The van der Waals surface area contributed by atoms with Crippen molar-refractivity contribution in [1.82, 2.24) is 9.97 Å². The molecule has 0 aliphatic carbocycles. The molecule has 3 rings (SSSR count). The third-order valence-corrected chi connectivity index (χ3v) is 3.76. The molecule has 3 heterocycles. The zero-order valence-electron chi connectivity index (χ0n) is 7.54. The molecule has 3 nitrogen and oxygen atoms in total. The molecule has 0 saturated carbocycles. The van der Waals surface area contributed by atoms with Gasteiger partial charge in [-0.3, -0.25) is 0 Å². The van der Waals surface area contributed by atoms with Gasteiger partial charge < -0.3 is 0 Å². The Hall–Kier alpha value is -1.12. The van der Waals surface area contributed by atoms with E-state index in [9.17, 15) is 0 Å². The molecular formula is C10H5AsN2OS. The normalized spacial score (nSPS) is 11.0. The van der Waals surface area contributed by atoms with E-state index in [0.717, 1.165) is 16.0 Å². The zero-order chi connectivity index (χ0) is 10.3. The van der Waals surface area contributed by atoms with Crippen LogP contribution < -0.4 is 3.66 Å². The Kier molecular flexibility index (Phi) is 2.11. The first-order chi connectivity index (χ1) is 7.33. The quantitative estimate of drug-likeness (QED) is 0.635. The van der Waals surface area contributed by atoms with Crippen molar-refractivity contribution in [1.29, 1.82) is 0 Å². The summed E-state index contributed by atoms with van der Waals surface area (Å²) in [6.07, 6.45) is 3.41. The van der Waals surface area contributed by atoms with Crippen LogP contribution in [-0.2, 0) is 0 Å². The van der Waals surface area contributed by atoms with E-state index in [0.29, 0.717) is 5.89 Å². The zero-order valence-corrected chi connectivity index (χ0v) is 10.2. The molecule has 0 atom stereocenters. The first-order valence-corrected chi connectivity index (χ1v) is 6.08. The number of fused-ring (bicyclic) bond motifs is 1. The number of aromatic nitrogens is 2. The Balaban J connectivity index is 2.19. The van der Waals surface area contributed by atoms with Crippen LogP contribution >= 0.6 is 11.3 Å². The summed E-state index contributed by atoms with van der Waals surface area (Å²) in [5.74, 6) is 0.667. The Morgan fingerprint density at radius 3 is 2.93 bits per heavy atom. The van der Waals surface area contributed by atoms with Gasteiger partial charge in [0.25, 0.3) is 0 Å². The topological polar surface area (TPSA) is 38.9 Å². The van der Waals surface area contributed by atoms with Gasteiger partial charge in [-0.2, -0.15) is 0 Å². The summed E-state index contributed by atoms with van der Waals surface area (Å²) < 4.78 is 6.81. The van der Waals surface area contributed by atoms with Crippen LogP contribution in [0.5, 0.6) is 0 Å². The number of oxazole rings is 1. The fourth-order valence-electron chi connectivity index (χ4n) is 1.33. The Morgan fingerprint density at radius 2 is 2.20 bits per heavy atom. The molecule has 3 aromatic heterocycles. The van der Waals surface area contributed by atoms with Crippen LogP contribution in [0.15, 0.2) is 35.0 Å². The molecule has 5 heteroatoms. The molecule has 0 bridgehead atoms. The van der Waals surface area contributed by atoms with E-state index in [1.54, 1.807) is 23.7 Å². The maximum atomic E-state index is 5.62. The van der Waals surface area contributed by atoms with Crippen LogP contribution in [0, 0.1) is 0 Å². The average Bonchev–Trinajstić information content (AvgIpc) is 2.82. The maximum absolute atomic E-state index is 5.62. The molecule has 0 N–H and O–H groups in total. The van der Waals surface area contributed by atoms with Crippen molar-refractivity contribution in [3.05, 3.63) is 30.6 Å². The predicted octanol–water partition coefficient (Wildman–Crippen LogP) is 1.75. The van der Waals surface area contributed by atoms with Gasteiger partial charge >= 0.3 is 98.7 Å². The van der Waals surface area contributed by atoms with Crippen molar-refractivity contribution in [2.45, 2.75) is 0 Å². The summed E-state index contributed by atoms with van der Waals surface area (Å²) in [6, 6.07) is 5.87. The van der Waals surface area contributed by atoms with Crippen molar-refractivity contribution in [3.8, 4) is 10.8 Å². The monoisotopic (exact) mass is 276 g/mol. The molecule has 0 saturated heterocycles. The van der Waals surface area contributed by atoms with E-state index in [1.807, 2.05) is 18.2 Å². The van der Waals surface area contributed by atoms with Crippen LogP contribution in [0.1, 0.15) is 0 Å². The summed E-state index contributed by atoms with van der Waals surface area (Å²) in [5, 5.41) is 0. The summed E-state index contributed by atoms with van der Waals surface area (Å²) in [4.78, 5) is 9.42. The fourth-order valence-corrected chi connectivity index (χ4v) is 2.78. The van der Waals surface area contributed by atoms with Crippen LogP contribution in [0.2, 0.25) is 0 Å². The van der Waals surface area contributed by atoms with Gasteiger partial charge in [0.15, 0.2) is 0 Å². The molecular weight excluding hydrogens is 271 g/mol. The van der Waals surface area contributed by atoms with Crippen LogP contribution in [-0.4, -0.2) is 26.8 Å². The predicted molar refractivity (Wildman–Crippen MR) is 60.5 cm³/mol. The van der Waals surface area contributed by atoms with Crippen LogP contribution in [0.3, 0.4) is 0 Å². The van der Waals surface area contributed by atoms with E-state index in [-0.39, 0.29) is 0 Å². The molecule has 0 aliphatic heterocycles. The number of hydrogen-bond acceptors (Lipinski definition) is 4. The number of thiophene rings is 1. The molecule has 0 unspecified atom stereocenters. The van der Waals surface area contributed by atoms with Crippen LogP contribution in [0.25, 0.3) is 21.9 Å². The number of hydrogen-bond donors (Lipinski definition) is 0. The van der Waals surface area contributed by atoms with Gasteiger partial charge in [0, 0.05) is 0 Å². The van der Waals surface area contributed by atoms with Gasteiger partial charge in [-0.15, -0.1) is 0 Å². The summed E-state index contributed by atoms with van der Waals surface area (Å²) >= 11 is 4.17. The molecule has 3 aromatic rings. The summed E-state index contributed by atoms with van der Waals surface area (Å²) in [6.45, 7) is 0. The summed E-state index contributed by atoms with van der Waals surface area (Å²) in [7, 11) is 0. The van der Waals surface area contributed by atoms with Crippen molar-refractivity contribution in [2.24, 2.45) is 0 Å². The number of pyridine rings is 1. The molecule has 72 valence electrons. The first-order valence-electron chi connectivity index (χ1n) is 4.33. The second-order valence-electron chi connectivity index (χ2n) is 3.00.